The second-order valence-corrected chi connectivity index (χ2v) is 3.26. The number of hydrogen-bond acceptors (Lipinski definition) is 2. The van der Waals surface area contributed by atoms with Gasteiger partial charge in [-0.2, -0.15) is 0 Å². The number of amides is 1. The first-order valence-electron chi connectivity index (χ1n) is 6.34. The van der Waals surface area contributed by atoms with Crippen LogP contribution in [0.3, 0.4) is 0 Å². The fourth-order valence-corrected chi connectivity index (χ4v) is 1.45. The maximum Gasteiger partial charge on any atom is 0.243 e. The second kappa shape index (κ2) is 12.2. The summed E-state index contributed by atoms with van der Waals surface area (Å²) in [5, 5.41) is 2.94. The van der Waals surface area contributed by atoms with E-state index in [-0.39, 0.29) is 5.91 Å². The molecule has 1 atom stereocenters. The van der Waals surface area contributed by atoms with Gasteiger partial charge in [-0.25, -0.2) is 0 Å². The van der Waals surface area contributed by atoms with E-state index in [0.717, 1.165) is 19.5 Å². The lowest BCUT2D eigenvalue weighted by Gasteiger charge is -2.10. The predicted octanol–water partition coefficient (Wildman–Crippen LogP) is 2.44. The molecule has 0 aromatic rings. The Bertz CT molecular complexity index is 190. The molecule has 1 saturated heterocycles. The molecule has 0 saturated carbocycles. The van der Waals surface area contributed by atoms with Crippen LogP contribution in [-0.4, -0.2) is 37.0 Å². The van der Waals surface area contributed by atoms with Gasteiger partial charge in [0.05, 0.1) is 0 Å². The molecule has 1 N–H and O–H groups in total. The van der Waals surface area contributed by atoms with E-state index in [2.05, 4.69) is 17.3 Å². The minimum absolute atomic E-state index is 0.0257. The maximum absolute atomic E-state index is 11.1. The van der Waals surface area contributed by atoms with Gasteiger partial charge >= 0.3 is 0 Å². The summed E-state index contributed by atoms with van der Waals surface area (Å²) in [6, 6.07) is 0.346. The quantitative estimate of drug-likeness (QED) is 0.736. The topological polar surface area (TPSA) is 32.3 Å². The molecule has 1 amide bonds. The summed E-state index contributed by atoms with van der Waals surface area (Å²) < 4.78 is 0. The molecule has 0 aliphatic carbocycles. The molecule has 1 fully saturated rings. The number of carbonyl (C=O) groups is 1. The number of likely N-dealkylation sites (N-methyl/N-ethyl adjacent to an activating group) is 1. The average Bonchev–Trinajstić information content (AvgIpc) is 2.70. The van der Waals surface area contributed by atoms with Crippen LogP contribution in [0, 0.1) is 0 Å². The van der Waals surface area contributed by atoms with Gasteiger partial charge in [-0.15, -0.1) is 0 Å². The van der Waals surface area contributed by atoms with E-state index in [1.54, 1.807) is 12.2 Å². The molecular formula is C13H28N2O. The highest BCUT2D eigenvalue weighted by atomic mass is 16.1. The summed E-state index contributed by atoms with van der Waals surface area (Å²) >= 11 is 0. The van der Waals surface area contributed by atoms with Crippen molar-refractivity contribution in [1.82, 2.24) is 10.2 Å². The third-order valence-corrected chi connectivity index (χ3v) is 2.06. The first-order chi connectivity index (χ1) is 7.72. The van der Waals surface area contributed by atoms with E-state index in [0.29, 0.717) is 6.04 Å². The molecule has 0 bridgehead atoms. The molecule has 1 aliphatic rings. The summed E-state index contributed by atoms with van der Waals surface area (Å²) in [4.78, 5) is 13.3. The standard InChI is InChI=1S/C9H16N2O.2C2H6/c1-3-4-9(12)10-8-5-6-11(2)7-8;2*1-2/h3-4,8H,5-7H2,1-2H3,(H,10,12);2*1-2H3/b4-3+;;. The Labute approximate surface area is 101 Å². The second-order valence-electron chi connectivity index (χ2n) is 3.26. The van der Waals surface area contributed by atoms with Crippen LogP contribution < -0.4 is 5.32 Å². The van der Waals surface area contributed by atoms with Crippen molar-refractivity contribution < 1.29 is 4.79 Å². The monoisotopic (exact) mass is 228 g/mol. The predicted molar refractivity (Wildman–Crippen MR) is 71.6 cm³/mol. The number of likely N-dealkylation sites (tertiary alicyclic amines) is 1. The van der Waals surface area contributed by atoms with Crippen molar-refractivity contribution in [3.63, 3.8) is 0 Å². The molecule has 0 spiro atoms. The Morgan fingerprint density at radius 2 is 1.88 bits per heavy atom. The minimum Gasteiger partial charge on any atom is -0.348 e. The Morgan fingerprint density at radius 1 is 1.31 bits per heavy atom. The smallest absolute Gasteiger partial charge is 0.243 e. The van der Waals surface area contributed by atoms with Crippen molar-refractivity contribution in [2.45, 2.75) is 47.1 Å². The van der Waals surface area contributed by atoms with Crippen LogP contribution in [0.25, 0.3) is 0 Å². The molecule has 1 heterocycles. The van der Waals surface area contributed by atoms with Gasteiger partial charge in [0.2, 0.25) is 5.91 Å². The SMILES string of the molecule is C/C=C/C(=O)NC1CCN(C)C1.CC.CC. The van der Waals surface area contributed by atoms with Crippen LogP contribution in [0.2, 0.25) is 0 Å². The van der Waals surface area contributed by atoms with Gasteiger partial charge in [-0.05, 0) is 33.0 Å². The number of rotatable bonds is 2. The van der Waals surface area contributed by atoms with E-state index in [4.69, 9.17) is 0 Å². The van der Waals surface area contributed by atoms with E-state index >= 15 is 0 Å². The zero-order valence-electron chi connectivity index (χ0n) is 11.7. The van der Waals surface area contributed by atoms with Crippen LogP contribution in [0.15, 0.2) is 12.2 Å². The van der Waals surface area contributed by atoms with Crippen molar-refractivity contribution >= 4 is 5.91 Å². The molecule has 0 radical (unpaired) electrons. The number of allylic oxidation sites excluding steroid dienone is 1. The van der Waals surface area contributed by atoms with Crippen LogP contribution in [0.5, 0.6) is 0 Å². The van der Waals surface area contributed by atoms with E-state index in [9.17, 15) is 4.79 Å². The lowest BCUT2D eigenvalue weighted by Crippen LogP contribution is -2.35. The van der Waals surface area contributed by atoms with Crippen molar-refractivity contribution in [3.05, 3.63) is 12.2 Å². The zero-order chi connectivity index (χ0) is 13.0. The zero-order valence-corrected chi connectivity index (χ0v) is 11.7. The summed E-state index contributed by atoms with van der Waals surface area (Å²) in [7, 11) is 2.07. The molecule has 1 rings (SSSR count). The van der Waals surface area contributed by atoms with Crippen molar-refractivity contribution in [3.8, 4) is 0 Å². The maximum atomic E-state index is 11.1. The van der Waals surface area contributed by atoms with E-state index in [1.165, 1.54) is 0 Å². The lowest BCUT2D eigenvalue weighted by atomic mass is 10.2. The Kier molecular flexibility index (Phi) is 13.4. The summed E-state index contributed by atoms with van der Waals surface area (Å²) in [6.45, 7) is 11.9. The molecule has 3 nitrogen and oxygen atoms in total. The van der Waals surface area contributed by atoms with Gasteiger partial charge in [0.15, 0.2) is 0 Å². The van der Waals surface area contributed by atoms with Gasteiger partial charge < -0.3 is 10.2 Å². The van der Waals surface area contributed by atoms with E-state index in [1.807, 2.05) is 34.6 Å². The first-order valence-corrected chi connectivity index (χ1v) is 6.34. The molecule has 0 aromatic heterocycles. The number of nitrogens with zero attached hydrogens (tertiary/aromatic N) is 1. The highest BCUT2D eigenvalue weighted by Gasteiger charge is 2.19. The first kappa shape index (κ1) is 17.6. The number of hydrogen-bond donors (Lipinski definition) is 1. The van der Waals surface area contributed by atoms with Crippen LogP contribution in [-0.2, 0) is 4.79 Å². The highest BCUT2D eigenvalue weighted by molar-refractivity contribution is 5.87. The average molecular weight is 228 g/mol. The van der Waals surface area contributed by atoms with E-state index < -0.39 is 0 Å². The number of nitrogens with one attached hydrogen (secondary N) is 1. The van der Waals surface area contributed by atoms with Crippen LogP contribution >= 0.6 is 0 Å². The normalized spacial score (nSPS) is 19.5. The summed E-state index contributed by atoms with van der Waals surface area (Å²) in [5.74, 6) is 0.0257. The highest BCUT2D eigenvalue weighted by Crippen LogP contribution is 2.05. The summed E-state index contributed by atoms with van der Waals surface area (Å²) in [6.07, 6.45) is 4.39. The fraction of sp³-hybridized carbons (Fsp3) is 0.769. The minimum atomic E-state index is 0.0257. The van der Waals surface area contributed by atoms with Crippen LogP contribution in [0.1, 0.15) is 41.0 Å². The van der Waals surface area contributed by atoms with Gasteiger partial charge in [0.1, 0.15) is 0 Å². The van der Waals surface area contributed by atoms with Crippen LogP contribution in [0.4, 0.5) is 0 Å². The van der Waals surface area contributed by atoms with Crippen molar-refractivity contribution in [2.24, 2.45) is 0 Å². The molecule has 0 aromatic carbocycles. The van der Waals surface area contributed by atoms with Gasteiger partial charge in [-0.1, -0.05) is 33.8 Å². The van der Waals surface area contributed by atoms with Crippen molar-refractivity contribution in [1.29, 1.82) is 0 Å². The molecule has 16 heavy (non-hydrogen) atoms. The third-order valence-electron chi connectivity index (χ3n) is 2.06. The lowest BCUT2D eigenvalue weighted by molar-refractivity contribution is -0.117. The molecule has 3 heteroatoms. The molecule has 1 unspecified atom stereocenters. The Hall–Kier alpha value is -0.830. The third kappa shape index (κ3) is 8.48. The molecular weight excluding hydrogens is 200 g/mol. The van der Waals surface area contributed by atoms with Gasteiger partial charge in [0.25, 0.3) is 0 Å². The molecule has 1 aliphatic heterocycles. The molecule has 96 valence electrons. The number of carbonyl (C=O) groups excluding carboxylic acids is 1. The fourth-order valence-electron chi connectivity index (χ4n) is 1.45. The van der Waals surface area contributed by atoms with Crippen molar-refractivity contribution in [2.75, 3.05) is 20.1 Å². The Morgan fingerprint density at radius 3 is 2.25 bits per heavy atom. The summed E-state index contributed by atoms with van der Waals surface area (Å²) in [5.41, 5.74) is 0. The van der Waals surface area contributed by atoms with Gasteiger partial charge in [-0.3, -0.25) is 4.79 Å². The Balaban J connectivity index is 0. The largest absolute Gasteiger partial charge is 0.348 e. The van der Waals surface area contributed by atoms with Gasteiger partial charge in [0, 0.05) is 12.6 Å².